The van der Waals surface area contributed by atoms with Crippen molar-refractivity contribution in [1.29, 1.82) is 0 Å². The van der Waals surface area contributed by atoms with Crippen LogP contribution in [0.4, 0.5) is 0 Å². The van der Waals surface area contributed by atoms with Crippen LogP contribution in [0.25, 0.3) is 5.69 Å². The lowest BCUT2D eigenvalue weighted by Gasteiger charge is -2.35. The Kier molecular flexibility index (Phi) is 6.30. The number of carbonyl (C=O) groups is 2. The number of para-hydroxylation sites is 1. The normalized spacial score (nSPS) is 15.9. The van der Waals surface area contributed by atoms with E-state index in [1.165, 1.54) is 7.11 Å². The van der Waals surface area contributed by atoms with Gasteiger partial charge in [0.1, 0.15) is 0 Å². The van der Waals surface area contributed by atoms with Gasteiger partial charge in [0.15, 0.2) is 11.9 Å². The highest BCUT2D eigenvalue weighted by atomic mass is 16.6. The summed E-state index contributed by atoms with van der Waals surface area (Å²) < 4.78 is 12.2. The van der Waals surface area contributed by atoms with Gasteiger partial charge in [-0.15, -0.1) is 0 Å². The van der Waals surface area contributed by atoms with Gasteiger partial charge in [0.05, 0.1) is 19.0 Å². The number of benzene rings is 1. The zero-order chi connectivity index (χ0) is 20.1. The number of methoxy groups -OCH3 is 1. The number of likely N-dealkylation sites (N-methyl/N-ethyl adjacent to an activating group) is 1. The molecule has 1 aliphatic rings. The summed E-state index contributed by atoms with van der Waals surface area (Å²) in [5.41, 5.74) is 0.833. The number of hydrogen-bond acceptors (Lipinski definition) is 6. The van der Waals surface area contributed by atoms with Crippen LogP contribution in [-0.2, 0) is 9.53 Å². The predicted octanol–water partition coefficient (Wildman–Crippen LogP) is 1.59. The Morgan fingerprint density at radius 1 is 1.14 bits per heavy atom. The summed E-state index contributed by atoms with van der Waals surface area (Å²) >= 11 is 0. The van der Waals surface area contributed by atoms with E-state index >= 15 is 0 Å². The largest absolute Gasteiger partial charge is 0.493 e. The molecule has 1 aromatic carbocycles. The number of esters is 1. The van der Waals surface area contributed by atoms with Crippen molar-refractivity contribution in [3.05, 3.63) is 42.2 Å². The highest BCUT2D eigenvalue weighted by Crippen LogP contribution is 2.21. The maximum Gasteiger partial charge on any atom is 0.363 e. The van der Waals surface area contributed by atoms with Gasteiger partial charge >= 0.3 is 5.97 Å². The molecule has 0 spiro atoms. The Hall–Kier alpha value is -2.87. The maximum absolute atomic E-state index is 12.6. The van der Waals surface area contributed by atoms with Crippen molar-refractivity contribution >= 4 is 11.9 Å². The Labute approximate surface area is 164 Å². The molecule has 0 bridgehead atoms. The zero-order valence-corrected chi connectivity index (χ0v) is 16.5. The van der Waals surface area contributed by atoms with Crippen LogP contribution >= 0.6 is 0 Å². The molecule has 0 radical (unpaired) electrons. The fourth-order valence-electron chi connectivity index (χ4n) is 3.17. The molecule has 8 nitrogen and oxygen atoms in total. The summed E-state index contributed by atoms with van der Waals surface area (Å²) in [4.78, 5) is 29.2. The third-order valence-electron chi connectivity index (χ3n) is 4.88. The molecule has 2 aromatic rings. The summed E-state index contributed by atoms with van der Waals surface area (Å²) in [6.45, 7) is 7.60. The van der Waals surface area contributed by atoms with Crippen LogP contribution in [0.15, 0.2) is 36.5 Å². The minimum absolute atomic E-state index is 0.0433. The molecule has 1 atom stereocenters. The van der Waals surface area contributed by atoms with Crippen LogP contribution in [0.1, 0.15) is 24.3 Å². The van der Waals surface area contributed by atoms with Crippen molar-refractivity contribution in [3.63, 3.8) is 0 Å². The average molecular weight is 386 g/mol. The van der Waals surface area contributed by atoms with E-state index in [2.05, 4.69) is 16.9 Å². The lowest BCUT2D eigenvalue weighted by atomic mass is 10.2. The summed E-state index contributed by atoms with van der Waals surface area (Å²) in [6, 6.07) is 9.38. The molecule has 1 aromatic heterocycles. The lowest BCUT2D eigenvalue weighted by molar-refractivity contribution is -0.141. The molecular formula is C20H26N4O4. The number of hydrogen-bond donors (Lipinski definition) is 0. The van der Waals surface area contributed by atoms with Gasteiger partial charge in [0.25, 0.3) is 5.91 Å². The van der Waals surface area contributed by atoms with E-state index < -0.39 is 12.1 Å². The van der Waals surface area contributed by atoms with Gasteiger partial charge in [0.2, 0.25) is 5.69 Å². The van der Waals surface area contributed by atoms with Gasteiger partial charge in [-0.1, -0.05) is 25.1 Å². The van der Waals surface area contributed by atoms with Crippen molar-refractivity contribution in [3.8, 4) is 11.4 Å². The van der Waals surface area contributed by atoms with Crippen molar-refractivity contribution in [1.82, 2.24) is 19.6 Å². The van der Waals surface area contributed by atoms with E-state index in [-0.39, 0.29) is 11.6 Å². The average Bonchev–Trinajstić information content (AvgIpc) is 3.18. The van der Waals surface area contributed by atoms with Gasteiger partial charge < -0.3 is 19.3 Å². The quantitative estimate of drug-likeness (QED) is 0.702. The first-order valence-corrected chi connectivity index (χ1v) is 9.44. The van der Waals surface area contributed by atoms with Crippen molar-refractivity contribution < 1.29 is 19.1 Å². The molecule has 150 valence electrons. The molecule has 0 unspecified atom stereocenters. The molecule has 3 rings (SSSR count). The second-order valence-corrected chi connectivity index (χ2v) is 6.63. The first-order chi connectivity index (χ1) is 13.5. The van der Waals surface area contributed by atoms with E-state index in [0.29, 0.717) is 18.8 Å². The van der Waals surface area contributed by atoms with Crippen LogP contribution in [0.5, 0.6) is 5.75 Å². The smallest absolute Gasteiger partial charge is 0.363 e. The Balaban J connectivity index is 1.67. The van der Waals surface area contributed by atoms with E-state index in [1.807, 2.05) is 30.3 Å². The van der Waals surface area contributed by atoms with Gasteiger partial charge in [-0.3, -0.25) is 4.79 Å². The van der Waals surface area contributed by atoms with E-state index in [1.54, 1.807) is 22.7 Å². The first-order valence-electron chi connectivity index (χ1n) is 9.44. The molecule has 0 saturated carbocycles. The van der Waals surface area contributed by atoms with E-state index in [0.717, 1.165) is 25.3 Å². The number of piperazine rings is 1. The maximum atomic E-state index is 12.6. The molecule has 28 heavy (non-hydrogen) atoms. The molecule has 1 amide bonds. The van der Waals surface area contributed by atoms with Crippen LogP contribution in [0.2, 0.25) is 0 Å². The summed E-state index contributed by atoms with van der Waals surface area (Å²) in [5.74, 6) is -0.574. The Morgan fingerprint density at radius 2 is 1.82 bits per heavy atom. The first kappa shape index (κ1) is 19.9. The third-order valence-corrected chi connectivity index (χ3v) is 4.88. The molecule has 1 aliphatic heterocycles. The fraction of sp³-hybridized carbons (Fsp3) is 0.450. The minimum Gasteiger partial charge on any atom is -0.493 e. The van der Waals surface area contributed by atoms with Crippen LogP contribution < -0.4 is 4.74 Å². The van der Waals surface area contributed by atoms with Gasteiger partial charge in [0, 0.05) is 26.2 Å². The number of carbonyl (C=O) groups excluding carboxylic acids is 2. The van der Waals surface area contributed by atoms with Crippen LogP contribution in [0, 0.1) is 0 Å². The van der Waals surface area contributed by atoms with E-state index in [4.69, 9.17) is 9.47 Å². The number of rotatable bonds is 6. The molecule has 2 heterocycles. The second kappa shape index (κ2) is 8.88. The second-order valence-electron chi connectivity index (χ2n) is 6.63. The third kappa shape index (κ3) is 4.33. The standard InChI is InChI=1S/C20H26N4O4/c1-4-22-10-12-23(13-11-22)19(25)15(2)28-20(26)18-17(27-3)14-24(21-18)16-8-6-5-7-9-16/h5-9,14-15H,4,10-13H2,1-3H3/t15-/m1/s1. The summed E-state index contributed by atoms with van der Waals surface area (Å²) in [5, 5.41) is 4.28. The van der Waals surface area contributed by atoms with Crippen LogP contribution in [0.3, 0.4) is 0 Å². The SMILES string of the molecule is CCN1CCN(C(=O)[C@@H](C)OC(=O)c2nn(-c3ccccc3)cc2OC)CC1. The number of aromatic nitrogens is 2. The van der Waals surface area contributed by atoms with E-state index in [9.17, 15) is 9.59 Å². The van der Waals surface area contributed by atoms with Gasteiger partial charge in [-0.25, -0.2) is 9.48 Å². The Morgan fingerprint density at radius 3 is 2.43 bits per heavy atom. The monoisotopic (exact) mass is 386 g/mol. The fourth-order valence-corrected chi connectivity index (χ4v) is 3.17. The molecule has 1 fully saturated rings. The van der Waals surface area contributed by atoms with Crippen molar-refractivity contribution in [2.45, 2.75) is 20.0 Å². The molecule has 0 aliphatic carbocycles. The number of nitrogens with zero attached hydrogens (tertiary/aromatic N) is 4. The minimum atomic E-state index is -0.882. The molecular weight excluding hydrogens is 360 g/mol. The van der Waals surface area contributed by atoms with Crippen molar-refractivity contribution in [2.24, 2.45) is 0 Å². The highest BCUT2D eigenvalue weighted by Gasteiger charge is 2.29. The molecule has 1 saturated heterocycles. The topological polar surface area (TPSA) is 76.9 Å². The van der Waals surface area contributed by atoms with Crippen LogP contribution in [-0.4, -0.2) is 77.4 Å². The predicted molar refractivity (Wildman–Crippen MR) is 104 cm³/mol. The molecule has 8 heteroatoms. The highest BCUT2D eigenvalue weighted by molar-refractivity contribution is 5.93. The number of ether oxygens (including phenoxy) is 2. The molecule has 0 N–H and O–H groups in total. The summed E-state index contributed by atoms with van der Waals surface area (Å²) in [7, 11) is 1.46. The number of amides is 1. The van der Waals surface area contributed by atoms with Gasteiger partial charge in [-0.05, 0) is 25.6 Å². The van der Waals surface area contributed by atoms with Crippen molar-refractivity contribution in [2.75, 3.05) is 39.8 Å². The zero-order valence-electron chi connectivity index (χ0n) is 16.5. The van der Waals surface area contributed by atoms with Gasteiger partial charge in [-0.2, -0.15) is 5.10 Å². The Bertz CT molecular complexity index is 813. The lowest BCUT2D eigenvalue weighted by Crippen LogP contribution is -2.51. The summed E-state index contributed by atoms with van der Waals surface area (Å²) in [6.07, 6.45) is 0.731.